The number of ether oxygens (including phenoxy) is 2. The van der Waals surface area contributed by atoms with E-state index in [1.807, 2.05) is 6.92 Å². The van der Waals surface area contributed by atoms with Gasteiger partial charge in [-0.2, -0.15) is 0 Å². The van der Waals surface area contributed by atoms with Crippen LogP contribution in [-0.4, -0.2) is 71.2 Å². The lowest BCUT2D eigenvalue weighted by molar-refractivity contribution is -0.178. The van der Waals surface area contributed by atoms with Gasteiger partial charge in [-0.05, 0) is 32.6 Å². The molecule has 1 aliphatic heterocycles. The maximum atomic E-state index is 13.4. The van der Waals surface area contributed by atoms with Gasteiger partial charge in [0, 0.05) is 13.1 Å². The zero-order chi connectivity index (χ0) is 34.4. The molecule has 0 aromatic carbocycles. The molecule has 47 heavy (non-hydrogen) atoms. The summed E-state index contributed by atoms with van der Waals surface area (Å²) < 4.78 is 12.1. The number of nitrogens with zero attached hydrogens (tertiary/aromatic N) is 1. The summed E-state index contributed by atoms with van der Waals surface area (Å²) in [5.41, 5.74) is 0. The molecule has 0 amide bonds. The SMILES string of the molecule is CCCCCCCCCCCC(O)CN1CC(CCCCCCCCCC)OC(=O)C1C(C)OCC(O)CCCCCCCCCC. The number of aliphatic hydroxyl groups is 2. The van der Waals surface area contributed by atoms with Gasteiger partial charge in [0.15, 0.2) is 0 Å². The van der Waals surface area contributed by atoms with Crippen molar-refractivity contribution in [3.63, 3.8) is 0 Å². The Labute approximate surface area is 292 Å². The van der Waals surface area contributed by atoms with Gasteiger partial charge in [0.2, 0.25) is 0 Å². The molecule has 0 saturated carbocycles. The quantitative estimate of drug-likeness (QED) is 0.0525. The summed E-state index contributed by atoms with van der Waals surface area (Å²) in [7, 11) is 0. The van der Waals surface area contributed by atoms with Crippen molar-refractivity contribution in [1.82, 2.24) is 4.90 Å². The number of esters is 1. The minimum atomic E-state index is -0.544. The summed E-state index contributed by atoms with van der Waals surface area (Å²) in [4.78, 5) is 15.5. The van der Waals surface area contributed by atoms with Crippen LogP contribution in [0.4, 0.5) is 0 Å². The van der Waals surface area contributed by atoms with Gasteiger partial charge >= 0.3 is 5.97 Å². The van der Waals surface area contributed by atoms with E-state index in [0.29, 0.717) is 13.1 Å². The van der Waals surface area contributed by atoms with E-state index in [9.17, 15) is 15.0 Å². The maximum absolute atomic E-state index is 13.4. The molecule has 280 valence electrons. The van der Waals surface area contributed by atoms with Gasteiger partial charge in [-0.1, -0.05) is 175 Å². The largest absolute Gasteiger partial charge is 0.460 e. The summed E-state index contributed by atoms with van der Waals surface area (Å²) in [6.07, 6.45) is 32.3. The Balaban J connectivity index is 2.53. The highest BCUT2D eigenvalue weighted by atomic mass is 16.6. The smallest absolute Gasteiger partial charge is 0.326 e. The van der Waals surface area contributed by atoms with Crippen LogP contribution in [0.1, 0.15) is 207 Å². The number of carbonyl (C=O) groups excluding carboxylic acids is 1. The van der Waals surface area contributed by atoms with Crippen LogP contribution in [0.15, 0.2) is 0 Å². The third kappa shape index (κ3) is 24.2. The monoisotopic (exact) mass is 668 g/mol. The predicted octanol–water partition coefficient (Wildman–Crippen LogP) is 10.7. The molecule has 0 aromatic rings. The van der Waals surface area contributed by atoms with E-state index >= 15 is 0 Å². The Morgan fingerprint density at radius 2 is 1.04 bits per heavy atom. The molecule has 0 aliphatic carbocycles. The molecule has 6 nitrogen and oxygen atoms in total. The fourth-order valence-corrected chi connectivity index (χ4v) is 7.13. The van der Waals surface area contributed by atoms with E-state index in [1.54, 1.807) is 0 Å². The average Bonchev–Trinajstić information content (AvgIpc) is 3.05. The second kappa shape index (κ2) is 31.3. The first-order chi connectivity index (χ1) is 22.9. The Hall–Kier alpha value is -0.690. The number of unbranched alkanes of at least 4 members (excludes halogenated alkanes) is 22. The summed E-state index contributed by atoms with van der Waals surface area (Å²) in [5, 5.41) is 21.7. The number of morpholine rings is 1. The summed E-state index contributed by atoms with van der Waals surface area (Å²) in [6, 6.07) is -0.544. The zero-order valence-corrected chi connectivity index (χ0v) is 31.9. The molecule has 0 aromatic heterocycles. The number of carbonyl (C=O) groups is 1. The summed E-state index contributed by atoms with van der Waals surface area (Å²) >= 11 is 0. The minimum absolute atomic E-state index is 0.126. The first-order valence-corrected chi connectivity index (χ1v) is 20.8. The molecule has 0 spiro atoms. The summed E-state index contributed by atoms with van der Waals surface area (Å²) in [5.74, 6) is -0.235. The molecule has 1 fully saturated rings. The van der Waals surface area contributed by atoms with E-state index in [4.69, 9.17) is 9.47 Å². The van der Waals surface area contributed by atoms with Crippen molar-refractivity contribution in [3.8, 4) is 0 Å². The minimum Gasteiger partial charge on any atom is -0.460 e. The number of aliphatic hydroxyl groups excluding tert-OH is 2. The van der Waals surface area contributed by atoms with Crippen LogP contribution < -0.4 is 0 Å². The van der Waals surface area contributed by atoms with Crippen molar-refractivity contribution in [2.75, 3.05) is 19.7 Å². The third-order valence-corrected chi connectivity index (χ3v) is 10.2. The lowest BCUT2D eigenvalue weighted by atomic mass is 10.0. The highest BCUT2D eigenvalue weighted by Crippen LogP contribution is 2.24. The van der Waals surface area contributed by atoms with E-state index in [-0.39, 0.29) is 18.7 Å². The Kier molecular flexibility index (Phi) is 29.5. The molecule has 5 unspecified atom stereocenters. The number of β-amino-alcohol motifs (C(OH)–C–C–N with tert-alkyl or cyclic N) is 1. The van der Waals surface area contributed by atoms with Crippen LogP contribution in [0.3, 0.4) is 0 Å². The Morgan fingerprint density at radius 3 is 1.51 bits per heavy atom. The first kappa shape index (κ1) is 44.3. The van der Waals surface area contributed by atoms with Crippen molar-refractivity contribution in [2.24, 2.45) is 0 Å². The molecule has 1 saturated heterocycles. The van der Waals surface area contributed by atoms with Gasteiger partial charge in [-0.15, -0.1) is 0 Å². The van der Waals surface area contributed by atoms with Gasteiger partial charge in [0.05, 0.1) is 24.9 Å². The van der Waals surface area contributed by atoms with Crippen LogP contribution in [-0.2, 0) is 14.3 Å². The number of hydrogen-bond donors (Lipinski definition) is 2. The van der Waals surface area contributed by atoms with Crippen molar-refractivity contribution < 1.29 is 24.5 Å². The van der Waals surface area contributed by atoms with Crippen LogP contribution in [0, 0.1) is 0 Å². The normalized spacial score (nSPS) is 19.1. The van der Waals surface area contributed by atoms with Crippen molar-refractivity contribution in [3.05, 3.63) is 0 Å². The fraction of sp³-hybridized carbons (Fsp3) is 0.976. The van der Waals surface area contributed by atoms with Crippen molar-refractivity contribution >= 4 is 5.97 Å². The molecular formula is C41H81NO5. The molecule has 0 radical (unpaired) electrons. The standard InChI is InChI=1S/C41H81NO5/c1-5-8-11-14-17-20-22-24-27-30-37(43)33-42-34-39(32-29-26-23-19-16-13-10-7-3)47-41(45)40(42)36(4)46-35-38(44)31-28-25-21-18-15-12-9-6-2/h36-40,43-44H,5-35H2,1-4H3. The lowest BCUT2D eigenvalue weighted by Crippen LogP contribution is -2.59. The Morgan fingerprint density at radius 1 is 0.638 bits per heavy atom. The van der Waals surface area contributed by atoms with E-state index in [2.05, 4.69) is 25.7 Å². The topological polar surface area (TPSA) is 79.2 Å². The predicted molar refractivity (Wildman–Crippen MR) is 199 cm³/mol. The first-order valence-electron chi connectivity index (χ1n) is 20.8. The average molecular weight is 668 g/mol. The molecule has 1 rings (SSSR count). The molecular weight excluding hydrogens is 586 g/mol. The number of cyclic esters (lactones) is 1. The van der Waals surface area contributed by atoms with Gasteiger partial charge in [-0.25, -0.2) is 0 Å². The second-order valence-electron chi connectivity index (χ2n) is 14.9. The molecule has 6 heteroatoms. The maximum Gasteiger partial charge on any atom is 0.326 e. The second-order valence-corrected chi connectivity index (χ2v) is 14.9. The van der Waals surface area contributed by atoms with Gasteiger partial charge in [0.1, 0.15) is 12.1 Å². The summed E-state index contributed by atoms with van der Waals surface area (Å²) in [6.45, 7) is 10.0. The zero-order valence-electron chi connectivity index (χ0n) is 31.9. The van der Waals surface area contributed by atoms with Crippen molar-refractivity contribution in [2.45, 2.75) is 238 Å². The highest BCUT2D eigenvalue weighted by Gasteiger charge is 2.41. The van der Waals surface area contributed by atoms with Crippen LogP contribution in [0.25, 0.3) is 0 Å². The lowest BCUT2D eigenvalue weighted by Gasteiger charge is -2.41. The highest BCUT2D eigenvalue weighted by molar-refractivity contribution is 5.77. The van der Waals surface area contributed by atoms with Crippen LogP contribution in [0.2, 0.25) is 0 Å². The van der Waals surface area contributed by atoms with Crippen molar-refractivity contribution in [1.29, 1.82) is 0 Å². The molecule has 0 bridgehead atoms. The molecule has 5 atom stereocenters. The number of rotatable bonds is 34. The number of hydrogen-bond acceptors (Lipinski definition) is 6. The van der Waals surface area contributed by atoms with Gasteiger partial charge < -0.3 is 19.7 Å². The third-order valence-electron chi connectivity index (χ3n) is 10.2. The van der Waals surface area contributed by atoms with Gasteiger partial charge in [-0.3, -0.25) is 9.69 Å². The fourth-order valence-electron chi connectivity index (χ4n) is 7.13. The molecule has 1 aliphatic rings. The van der Waals surface area contributed by atoms with Gasteiger partial charge in [0.25, 0.3) is 0 Å². The van der Waals surface area contributed by atoms with Crippen LogP contribution in [0.5, 0.6) is 0 Å². The Bertz CT molecular complexity index is 691. The van der Waals surface area contributed by atoms with E-state index in [0.717, 1.165) is 51.4 Å². The molecule has 1 heterocycles. The van der Waals surface area contributed by atoms with Crippen LogP contribution >= 0.6 is 0 Å². The van der Waals surface area contributed by atoms with E-state index < -0.39 is 24.4 Å². The van der Waals surface area contributed by atoms with E-state index in [1.165, 1.54) is 128 Å². The molecule has 2 N–H and O–H groups in total.